The summed E-state index contributed by atoms with van der Waals surface area (Å²) in [4.78, 5) is 16.2. The number of aromatic hydroxyl groups is 1. The Morgan fingerprint density at radius 3 is 2.22 bits per heavy atom. The highest BCUT2D eigenvalue weighted by atomic mass is 19.1. The van der Waals surface area contributed by atoms with E-state index in [0.717, 1.165) is 22.3 Å². The van der Waals surface area contributed by atoms with E-state index in [1.54, 1.807) is 18.3 Å². The molecule has 1 N–H and O–H groups in total. The Morgan fingerprint density at radius 2 is 1.63 bits per heavy atom. The standard InChI is InChI=1S/C22H18FNO3/c1-14-11-17(12-15(2)21(14)25)4-3-16-5-10-20(24-13-16)22(26)27-19-8-6-18(23)7-9-19/h3-13,25H,1-2H3/b4-3+. The lowest BCUT2D eigenvalue weighted by atomic mass is 10.0. The molecule has 0 saturated carbocycles. The number of hydrogen-bond donors (Lipinski definition) is 1. The number of rotatable bonds is 4. The molecule has 0 spiro atoms. The summed E-state index contributed by atoms with van der Waals surface area (Å²) in [6.07, 6.45) is 5.35. The van der Waals surface area contributed by atoms with Gasteiger partial charge in [-0.2, -0.15) is 0 Å². The van der Waals surface area contributed by atoms with E-state index < -0.39 is 11.8 Å². The molecule has 0 atom stereocenters. The van der Waals surface area contributed by atoms with Gasteiger partial charge in [0, 0.05) is 6.20 Å². The molecule has 0 aliphatic heterocycles. The van der Waals surface area contributed by atoms with E-state index in [0.29, 0.717) is 5.75 Å². The van der Waals surface area contributed by atoms with Gasteiger partial charge in [-0.15, -0.1) is 0 Å². The molecule has 4 nitrogen and oxygen atoms in total. The Labute approximate surface area is 156 Å². The molecular formula is C22H18FNO3. The average Bonchev–Trinajstić information content (AvgIpc) is 2.66. The predicted octanol–water partition coefficient (Wildman–Crippen LogP) is 4.93. The van der Waals surface area contributed by atoms with Crippen LogP contribution in [0.1, 0.15) is 32.7 Å². The lowest BCUT2D eigenvalue weighted by Gasteiger charge is -2.05. The van der Waals surface area contributed by atoms with Crippen molar-refractivity contribution in [3.63, 3.8) is 0 Å². The van der Waals surface area contributed by atoms with Crippen LogP contribution in [0.15, 0.2) is 54.7 Å². The molecule has 0 saturated heterocycles. The minimum atomic E-state index is -0.609. The smallest absolute Gasteiger partial charge is 0.362 e. The zero-order chi connectivity index (χ0) is 19.4. The maximum Gasteiger partial charge on any atom is 0.362 e. The Balaban J connectivity index is 1.69. The predicted molar refractivity (Wildman–Crippen MR) is 102 cm³/mol. The SMILES string of the molecule is Cc1cc(/C=C/c2ccc(C(=O)Oc3ccc(F)cc3)nc2)cc(C)c1O. The maximum atomic E-state index is 12.9. The van der Waals surface area contributed by atoms with Crippen molar-refractivity contribution in [2.75, 3.05) is 0 Å². The fourth-order valence-electron chi connectivity index (χ4n) is 2.56. The second-order valence-corrected chi connectivity index (χ2v) is 6.16. The summed E-state index contributed by atoms with van der Waals surface area (Å²) in [6.45, 7) is 3.70. The Bertz CT molecular complexity index is 970. The highest BCUT2D eigenvalue weighted by Gasteiger charge is 2.10. The third-order valence-electron chi connectivity index (χ3n) is 4.00. The van der Waals surface area contributed by atoms with Crippen molar-refractivity contribution in [1.82, 2.24) is 4.98 Å². The summed E-state index contributed by atoms with van der Waals surface area (Å²) < 4.78 is 18.0. The van der Waals surface area contributed by atoms with Crippen molar-refractivity contribution in [3.05, 3.63) is 88.5 Å². The topological polar surface area (TPSA) is 59.4 Å². The first-order chi connectivity index (χ1) is 12.9. The van der Waals surface area contributed by atoms with Crippen molar-refractivity contribution < 1.29 is 19.0 Å². The van der Waals surface area contributed by atoms with Gasteiger partial charge < -0.3 is 9.84 Å². The number of aryl methyl sites for hydroxylation is 2. The molecule has 0 radical (unpaired) electrons. The van der Waals surface area contributed by atoms with Crippen LogP contribution < -0.4 is 4.74 Å². The zero-order valence-electron chi connectivity index (χ0n) is 14.9. The summed E-state index contributed by atoms with van der Waals surface area (Å²) in [5, 5.41) is 9.82. The molecule has 0 fully saturated rings. The first-order valence-corrected chi connectivity index (χ1v) is 8.34. The number of hydrogen-bond acceptors (Lipinski definition) is 4. The highest BCUT2D eigenvalue weighted by Crippen LogP contribution is 2.24. The number of aromatic nitrogens is 1. The molecule has 2 aromatic carbocycles. The third kappa shape index (κ3) is 4.58. The molecule has 1 heterocycles. The number of phenolic OH excluding ortho intramolecular Hbond substituents is 1. The van der Waals surface area contributed by atoms with Gasteiger partial charge in [-0.05, 0) is 78.6 Å². The van der Waals surface area contributed by atoms with Gasteiger partial charge in [0.25, 0.3) is 0 Å². The van der Waals surface area contributed by atoms with E-state index in [2.05, 4.69) is 4.98 Å². The fraction of sp³-hybridized carbons (Fsp3) is 0.0909. The fourth-order valence-corrected chi connectivity index (χ4v) is 2.56. The molecule has 136 valence electrons. The van der Waals surface area contributed by atoms with Crippen LogP contribution in [0.5, 0.6) is 11.5 Å². The third-order valence-corrected chi connectivity index (χ3v) is 4.00. The molecule has 0 amide bonds. The molecule has 1 aromatic heterocycles. The van der Waals surface area contributed by atoms with Gasteiger partial charge in [-0.3, -0.25) is 0 Å². The number of pyridine rings is 1. The molecule has 0 unspecified atom stereocenters. The van der Waals surface area contributed by atoms with Gasteiger partial charge in [0.2, 0.25) is 0 Å². The van der Waals surface area contributed by atoms with Crippen LogP contribution in [0, 0.1) is 19.7 Å². The summed E-state index contributed by atoms with van der Waals surface area (Å²) in [6, 6.07) is 12.3. The Morgan fingerprint density at radius 1 is 1.00 bits per heavy atom. The minimum Gasteiger partial charge on any atom is -0.507 e. The molecule has 0 bridgehead atoms. The largest absolute Gasteiger partial charge is 0.507 e. The van der Waals surface area contributed by atoms with Crippen LogP contribution in [-0.4, -0.2) is 16.1 Å². The van der Waals surface area contributed by atoms with Crippen molar-refractivity contribution in [3.8, 4) is 11.5 Å². The first-order valence-electron chi connectivity index (χ1n) is 8.34. The van der Waals surface area contributed by atoms with E-state index in [4.69, 9.17) is 4.74 Å². The molecule has 0 aliphatic rings. The normalized spacial score (nSPS) is 10.9. The van der Waals surface area contributed by atoms with Crippen LogP contribution in [0.2, 0.25) is 0 Å². The number of nitrogens with zero attached hydrogens (tertiary/aromatic N) is 1. The van der Waals surface area contributed by atoms with E-state index in [-0.39, 0.29) is 11.4 Å². The highest BCUT2D eigenvalue weighted by molar-refractivity contribution is 5.89. The molecule has 0 aliphatic carbocycles. The number of carbonyl (C=O) groups excluding carboxylic acids is 1. The number of ether oxygens (including phenoxy) is 1. The van der Waals surface area contributed by atoms with Crippen LogP contribution in [0.4, 0.5) is 4.39 Å². The Hall–Kier alpha value is -3.47. The number of carbonyl (C=O) groups is 1. The summed E-state index contributed by atoms with van der Waals surface area (Å²) in [5.41, 5.74) is 3.56. The molecule has 27 heavy (non-hydrogen) atoms. The maximum absolute atomic E-state index is 12.9. The van der Waals surface area contributed by atoms with Gasteiger partial charge in [0.05, 0.1) is 0 Å². The van der Waals surface area contributed by atoms with Crippen LogP contribution in [0.25, 0.3) is 12.2 Å². The molecule has 3 aromatic rings. The van der Waals surface area contributed by atoms with Gasteiger partial charge in [-0.25, -0.2) is 14.2 Å². The van der Waals surface area contributed by atoms with Crippen LogP contribution in [0.3, 0.4) is 0 Å². The minimum absolute atomic E-state index is 0.160. The second-order valence-electron chi connectivity index (χ2n) is 6.16. The first kappa shape index (κ1) is 18.3. The van der Waals surface area contributed by atoms with E-state index >= 15 is 0 Å². The van der Waals surface area contributed by atoms with Crippen molar-refractivity contribution >= 4 is 18.1 Å². The Kier molecular flexibility index (Phi) is 5.31. The van der Waals surface area contributed by atoms with Crippen molar-refractivity contribution in [1.29, 1.82) is 0 Å². The van der Waals surface area contributed by atoms with Gasteiger partial charge in [0.1, 0.15) is 23.0 Å². The second kappa shape index (κ2) is 7.83. The quantitative estimate of drug-likeness (QED) is 0.527. The van der Waals surface area contributed by atoms with Gasteiger partial charge >= 0.3 is 5.97 Å². The number of benzene rings is 2. The summed E-state index contributed by atoms with van der Waals surface area (Å²) in [5.74, 6) is -0.451. The van der Waals surface area contributed by atoms with Gasteiger partial charge in [-0.1, -0.05) is 18.2 Å². The van der Waals surface area contributed by atoms with E-state index in [1.165, 1.54) is 24.3 Å². The number of halogens is 1. The van der Waals surface area contributed by atoms with Crippen molar-refractivity contribution in [2.45, 2.75) is 13.8 Å². The molecule has 5 heteroatoms. The number of esters is 1. The lowest BCUT2D eigenvalue weighted by molar-refractivity contribution is 0.0728. The van der Waals surface area contributed by atoms with E-state index in [9.17, 15) is 14.3 Å². The van der Waals surface area contributed by atoms with Crippen LogP contribution in [-0.2, 0) is 0 Å². The zero-order valence-corrected chi connectivity index (χ0v) is 14.9. The van der Waals surface area contributed by atoms with E-state index in [1.807, 2.05) is 38.1 Å². The lowest BCUT2D eigenvalue weighted by Crippen LogP contribution is -2.10. The van der Waals surface area contributed by atoms with Gasteiger partial charge in [0.15, 0.2) is 0 Å². The summed E-state index contributed by atoms with van der Waals surface area (Å²) >= 11 is 0. The van der Waals surface area contributed by atoms with Crippen molar-refractivity contribution in [2.24, 2.45) is 0 Å². The average molecular weight is 363 g/mol. The summed E-state index contributed by atoms with van der Waals surface area (Å²) in [7, 11) is 0. The monoisotopic (exact) mass is 363 g/mol. The molecular weight excluding hydrogens is 345 g/mol. The molecule has 3 rings (SSSR count). The van der Waals surface area contributed by atoms with Crippen LogP contribution >= 0.6 is 0 Å². The number of phenols is 1.